The molecule has 0 aromatic rings. The number of nitro groups is 1. The predicted molar refractivity (Wildman–Crippen MR) is 75.5 cm³/mol. The van der Waals surface area contributed by atoms with Crippen molar-refractivity contribution in [1.82, 2.24) is 0 Å². The average Bonchev–Trinajstić information content (AvgIpc) is 2.40. The number of hydrogen-bond donors (Lipinski definition) is 1. The van der Waals surface area contributed by atoms with Gasteiger partial charge in [0.1, 0.15) is 0 Å². The number of rotatable bonds is 6. The van der Waals surface area contributed by atoms with Gasteiger partial charge >= 0.3 is 11.7 Å². The Labute approximate surface area is 117 Å². The van der Waals surface area contributed by atoms with Crippen LogP contribution in [-0.2, 0) is 9.53 Å². The Morgan fingerprint density at radius 3 is 2.30 bits per heavy atom. The van der Waals surface area contributed by atoms with E-state index in [9.17, 15) is 20.0 Å². The van der Waals surface area contributed by atoms with Crippen molar-refractivity contribution >= 4 is 5.97 Å². The molecular formula is C14H17NO5. The number of carbonyl (C=O) groups excluding carboxylic acids is 1. The van der Waals surface area contributed by atoms with Crippen LogP contribution in [0.5, 0.6) is 0 Å². The Bertz CT molecular complexity index is 538. The van der Waals surface area contributed by atoms with Gasteiger partial charge in [-0.05, 0) is 31.6 Å². The quantitative estimate of drug-likeness (QED) is 0.202. The molecule has 6 heteroatoms. The van der Waals surface area contributed by atoms with Crippen LogP contribution in [0.2, 0.25) is 0 Å². The molecule has 0 heterocycles. The maximum absolute atomic E-state index is 11.5. The molecular weight excluding hydrogens is 262 g/mol. The molecule has 0 aliphatic heterocycles. The summed E-state index contributed by atoms with van der Waals surface area (Å²) < 4.78 is 4.53. The summed E-state index contributed by atoms with van der Waals surface area (Å²) in [5, 5.41) is 20.7. The van der Waals surface area contributed by atoms with Gasteiger partial charge in [0.2, 0.25) is 0 Å². The van der Waals surface area contributed by atoms with Gasteiger partial charge in [0.15, 0.2) is 5.76 Å². The van der Waals surface area contributed by atoms with Crippen LogP contribution in [0, 0.1) is 10.1 Å². The fourth-order valence-electron chi connectivity index (χ4n) is 1.33. The number of aliphatic hydroxyl groups is 1. The molecule has 20 heavy (non-hydrogen) atoms. The van der Waals surface area contributed by atoms with E-state index in [-0.39, 0.29) is 11.1 Å². The van der Waals surface area contributed by atoms with Crippen LogP contribution in [0.15, 0.2) is 59.6 Å². The number of ether oxygens (including phenoxy) is 1. The number of aliphatic hydroxyl groups excluding tert-OH is 1. The van der Waals surface area contributed by atoms with Gasteiger partial charge < -0.3 is 9.84 Å². The third-order valence-corrected chi connectivity index (χ3v) is 2.35. The summed E-state index contributed by atoms with van der Waals surface area (Å²) in [5.41, 5.74) is -0.184. The minimum absolute atomic E-state index is 0.0194. The standard InChI is InChI=1S/C14H17NO5/c1-6-10(14(17)20-5)8-11(9(3)4)13(15(18)19)12(16)7-2/h6-8,16H,1,3H2,2,4-5H3/b10-8+,12-7+,13-11+. The molecule has 0 radical (unpaired) electrons. The van der Waals surface area contributed by atoms with Crippen LogP contribution in [-0.4, -0.2) is 23.1 Å². The maximum atomic E-state index is 11.5. The van der Waals surface area contributed by atoms with E-state index >= 15 is 0 Å². The Morgan fingerprint density at radius 2 is 2.00 bits per heavy atom. The fourth-order valence-corrected chi connectivity index (χ4v) is 1.33. The Kier molecular flexibility index (Phi) is 6.71. The van der Waals surface area contributed by atoms with Crippen molar-refractivity contribution in [2.45, 2.75) is 13.8 Å². The molecule has 0 aromatic heterocycles. The highest BCUT2D eigenvalue weighted by atomic mass is 16.6. The highest BCUT2D eigenvalue weighted by Crippen LogP contribution is 2.22. The summed E-state index contributed by atoms with van der Waals surface area (Å²) in [5.74, 6) is -1.21. The molecule has 0 fully saturated rings. The first-order chi connectivity index (χ1) is 9.29. The SMILES string of the molecule is C=C\C(=C/C(C(=C)C)=C(/C(O)=C\C)[N+](=O)[O-])C(=O)OC. The van der Waals surface area contributed by atoms with Crippen LogP contribution >= 0.6 is 0 Å². The number of carbonyl (C=O) groups is 1. The molecule has 0 rings (SSSR count). The molecule has 0 atom stereocenters. The number of methoxy groups -OCH3 is 1. The summed E-state index contributed by atoms with van der Waals surface area (Å²) >= 11 is 0. The zero-order chi connectivity index (χ0) is 15.9. The Hall–Kier alpha value is -2.63. The van der Waals surface area contributed by atoms with Gasteiger partial charge in [0, 0.05) is 0 Å². The molecule has 0 saturated carbocycles. The van der Waals surface area contributed by atoms with Crippen molar-refractivity contribution in [2.24, 2.45) is 0 Å². The van der Waals surface area contributed by atoms with Crippen LogP contribution in [0.3, 0.4) is 0 Å². The lowest BCUT2D eigenvalue weighted by atomic mass is 10.0. The number of hydrogen-bond acceptors (Lipinski definition) is 5. The fraction of sp³-hybridized carbons (Fsp3) is 0.214. The van der Waals surface area contributed by atoms with Crippen molar-refractivity contribution in [1.29, 1.82) is 0 Å². The van der Waals surface area contributed by atoms with E-state index < -0.39 is 22.3 Å². The second-order valence-corrected chi connectivity index (χ2v) is 3.77. The minimum atomic E-state index is -0.742. The van der Waals surface area contributed by atoms with Crippen LogP contribution in [0.25, 0.3) is 0 Å². The summed E-state index contributed by atoms with van der Waals surface area (Å²) in [7, 11) is 1.18. The lowest BCUT2D eigenvalue weighted by Crippen LogP contribution is -2.08. The molecule has 0 aromatic carbocycles. The first-order valence-corrected chi connectivity index (χ1v) is 5.62. The summed E-state index contributed by atoms with van der Waals surface area (Å²) in [4.78, 5) is 21.8. The van der Waals surface area contributed by atoms with Crippen LogP contribution in [0.4, 0.5) is 0 Å². The molecule has 0 bridgehead atoms. The predicted octanol–water partition coefficient (Wildman–Crippen LogP) is 2.84. The number of esters is 1. The first kappa shape index (κ1) is 17.4. The summed E-state index contributed by atoms with van der Waals surface area (Å²) in [6.45, 7) is 10.0. The highest BCUT2D eigenvalue weighted by molar-refractivity contribution is 5.92. The van der Waals surface area contributed by atoms with Crippen LogP contribution in [0.1, 0.15) is 13.8 Å². The minimum Gasteiger partial charge on any atom is -0.502 e. The van der Waals surface area contributed by atoms with E-state index in [4.69, 9.17) is 0 Å². The van der Waals surface area contributed by atoms with E-state index in [1.807, 2.05) is 0 Å². The molecule has 108 valence electrons. The van der Waals surface area contributed by atoms with E-state index in [0.717, 1.165) is 0 Å². The van der Waals surface area contributed by atoms with E-state index in [1.165, 1.54) is 39.2 Å². The molecule has 0 unspecified atom stereocenters. The van der Waals surface area contributed by atoms with Gasteiger partial charge in [0.05, 0.1) is 23.2 Å². The van der Waals surface area contributed by atoms with Crippen molar-refractivity contribution in [3.8, 4) is 0 Å². The monoisotopic (exact) mass is 279 g/mol. The van der Waals surface area contributed by atoms with Gasteiger partial charge in [-0.15, -0.1) is 0 Å². The topological polar surface area (TPSA) is 89.7 Å². The smallest absolute Gasteiger partial charge is 0.337 e. The molecule has 1 N–H and O–H groups in total. The third-order valence-electron chi connectivity index (χ3n) is 2.35. The Balaban J connectivity index is 6.31. The molecule has 6 nitrogen and oxygen atoms in total. The van der Waals surface area contributed by atoms with Crippen molar-refractivity contribution in [3.05, 3.63) is 69.7 Å². The zero-order valence-corrected chi connectivity index (χ0v) is 11.7. The van der Waals surface area contributed by atoms with Crippen molar-refractivity contribution in [2.75, 3.05) is 7.11 Å². The molecule has 0 amide bonds. The second kappa shape index (κ2) is 7.73. The van der Waals surface area contributed by atoms with E-state index in [2.05, 4.69) is 17.9 Å². The van der Waals surface area contributed by atoms with E-state index in [1.54, 1.807) is 0 Å². The average molecular weight is 279 g/mol. The second-order valence-electron chi connectivity index (χ2n) is 3.77. The third kappa shape index (κ3) is 4.24. The zero-order valence-electron chi connectivity index (χ0n) is 11.7. The van der Waals surface area contributed by atoms with Gasteiger partial charge in [-0.2, -0.15) is 0 Å². The number of nitrogens with zero attached hydrogens (tertiary/aromatic N) is 1. The van der Waals surface area contributed by atoms with Crippen molar-refractivity contribution < 1.29 is 19.6 Å². The normalized spacial score (nSPS) is 13.3. The lowest BCUT2D eigenvalue weighted by Gasteiger charge is -2.06. The molecule has 0 aliphatic carbocycles. The largest absolute Gasteiger partial charge is 0.502 e. The van der Waals surface area contributed by atoms with E-state index in [0.29, 0.717) is 5.57 Å². The lowest BCUT2D eigenvalue weighted by molar-refractivity contribution is -0.424. The summed E-state index contributed by atoms with van der Waals surface area (Å²) in [6, 6.07) is 0. The van der Waals surface area contributed by atoms with Crippen LogP contribution < -0.4 is 0 Å². The van der Waals surface area contributed by atoms with Gasteiger partial charge in [-0.1, -0.05) is 19.2 Å². The van der Waals surface area contributed by atoms with Gasteiger partial charge in [-0.3, -0.25) is 10.1 Å². The maximum Gasteiger partial charge on any atom is 0.337 e. The molecule has 0 aliphatic rings. The molecule has 0 saturated heterocycles. The highest BCUT2D eigenvalue weighted by Gasteiger charge is 2.23. The molecule has 0 spiro atoms. The summed E-state index contributed by atoms with van der Waals surface area (Å²) in [6.07, 6.45) is 3.60. The Morgan fingerprint density at radius 1 is 1.45 bits per heavy atom. The first-order valence-electron chi connectivity index (χ1n) is 5.62. The van der Waals surface area contributed by atoms with Gasteiger partial charge in [0.25, 0.3) is 0 Å². The van der Waals surface area contributed by atoms with Gasteiger partial charge in [-0.25, -0.2) is 4.79 Å². The van der Waals surface area contributed by atoms with Crippen molar-refractivity contribution in [3.63, 3.8) is 0 Å². The number of allylic oxidation sites excluding steroid dienone is 4.